The van der Waals surface area contributed by atoms with Crippen molar-refractivity contribution >= 4 is 0 Å². The molecule has 2 rings (SSSR count). The van der Waals surface area contributed by atoms with Gasteiger partial charge in [0.1, 0.15) is 18.1 Å². The molecule has 0 fully saturated rings. The van der Waals surface area contributed by atoms with Gasteiger partial charge in [-0.25, -0.2) is 8.78 Å². The molecule has 142 valence electrons. The summed E-state index contributed by atoms with van der Waals surface area (Å²) in [6, 6.07) is 13.7. The van der Waals surface area contributed by atoms with E-state index in [-0.39, 0.29) is 12.4 Å². The summed E-state index contributed by atoms with van der Waals surface area (Å²) in [6.07, 6.45) is -3.70. The van der Waals surface area contributed by atoms with Crippen LogP contribution in [0, 0.1) is 0 Å². The van der Waals surface area contributed by atoms with Crippen molar-refractivity contribution in [3.8, 4) is 11.5 Å². The smallest absolute Gasteiger partial charge is 0.340 e. The van der Waals surface area contributed by atoms with Gasteiger partial charge >= 0.3 is 12.3 Å². The quantitative estimate of drug-likeness (QED) is 0.667. The first-order valence-electron chi connectivity index (χ1n) is 8.04. The summed E-state index contributed by atoms with van der Waals surface area (Å²) < 4.78 is 59.9. The predicted octanol–water partition coefficient (Wildman–Crippen LogP) is 4.32. The Morgan fingerprint density at radius 3 is 1.77 bits per heavy atom. The summed E-state index contributed by atoms with van der Waals surface area (Å²) in [5.41, 5.74) is 1.92. The van der Waals surface area contributed by atoms with Gasteiger partial charge in [0, 0.05) is 0 Å². The van der Waals surface area contributed by atoms with E-state index in [1.54, 1.807) is 31.2 Å². The molecule has 2 aromatic rings. The second kappa shape index (κ2) is 8.89. The van der Waals surface area contributed by atoms with E-state index < -0.39 is 25.1 Å². The van der Waals surface area contributed by atoms with Crippen molar-refractivity contribution in [2.75, 3.05) is 13.2 Å². The van der Waals surface area contributed by atoms with Crippen LogP contribution in [0.15, 0.2) is 48.5 Å². The summed E-state index contributed by atoms with van der Waals surface area (Å²) in [6.45, 7) is 0.486. The molecule has 26 heavy (non-hydrogen) atoms. The summed E-state index contributed by atoms with van der Waals surface area (Å²) in [4.78, 5) is 0. The standard InChI is InChI=1S/C19H20F4O3/c1-13(24)11-25-16-6-2-14(3-7-16)10-15-4-8-17(9-5-15)26-12-19(22,23)18(20)21/h2-9,13,18,24H,10-12H2,1H3. The van der Waals surface area contributed by atoms with Crippen LogP contribution >= 0.6 is 0 Å². The Kier molecular flexibility index (Phi) is 6.85. The van der Waals surface area contributed by atoms with Crippen LogP contribution in [-0.4, -0.2) is 36.8 Å². The maximum atomic E-state index is 12.8. The van der Waals surface area contributed by atoms with E-state index in [9.17, 15) is 22.7 Å². The number of hydrogen-bond donors (Lipinski definition) is 1. The fourth-order valence-electron chi connectivity index (χ4n) is 2.10. The number of alkyl halides is 4. The average Bonchev–Trinajstić information content (AvgIpc) is 2.60. The molecule has 0 aliphatic rings. The topological polar surface area (TPSA) is 38.7 Å². The fraction of sp³-hybridized carbons (Fsp3) is 0.368. The Hall–Kier alpha value is -2.28. The van der Waals surface area contributed by atoms with Gasteiger partial charge in [-0.15, -0.1) is 0 Å². The third kappa shape index (κ3) is 6.22. The van der Waals surface area contributed by atoms with Crippen LogP contribution in [0.5, 0.6) is 11.5 Å². The zero-order valence-corrected chi connectivity index (χ0v) is 14.2. The van der Waals surface area contributed by atoms with Crippen molar-refractivity contribution in [3.05, 3.63) is 59.7 Å². The maximum Gasteiger partial charge on any atom is 0.340 e. The van der Waals surface area contributed by atoms with Crippen molar-refractivity contribution in [2.24, 2.45) is 0 Å². The summed E-state index contributed by atoms with van der Waals surface area (Å²) in [5.74, 6) is -3.41. The Morgan fingerprint density at radius 1 is 0.885 bits per heavy atom. The molecular formula is C19H20F4O3. The van der Waals surface area contributed by atoms with Gasteiger partial charge < -0.3 is 14.6 Å². The van der Waals surface area contributed by atoms with Gasteiger partial charge in [-0.1, -0.05) is 24.3 Å². The molecule has 0 saturated heterocycles. The number of hydrogen-bond acceptors (Lipinski definition) is 3. The van der Waals surface area contributed by atoms with Gasteiger partial charge in [-0.2, -0.15) is 8.78 Å². The van der Waals surface area contributed by atoms with Crippen molar-refractivity contribution < 1.29 is 32.1 Å². The molecule has 0 amide bonds. The molecule has 0 bridgehead atoms. The van der Waals surface area contributed by atoms with E-state index in [0.717, 1.165) is 11.1 Å². The van der Waals surface area contributed by atoms with Crippen LogP contribution in [0.2, 0.25) is 0 Å². The molecule has 1 unspecified atom stereocenters. The SMILES string of the molecule is CC(O)COc1ccc(Cc2ccc(OCC(F)(F)C(F)F)cc2)cc1. The number of aliphatic hydroxyl groups is 1. The van der Waals surface area contributed by atoms with Crippen LogP contribution in [0.25, 0.3) is 0 Å². The number of rotatable bonds is 9. The highest BCUT2D eigenvalue weighted by atomic mass is 19.3. The maximum absolute atomic E-state index is 12.8. The lowest BCUT2D eigenvalue weighted by molar-refractivity contribution is -0.148. The number of ether oxygens (including phenoxy) is 2. The van der Waals surface area contributed by atoms with Gasteiger partial charge in [0.15, 0.2) is 6.61 Å². The van der Waals surface area contributed by atoms with E-state index in [1.807, 2.05) is 12.1 Å². The molecule has 3 nitrogen and oxygen atoms in total. The van der Waals surface area contributed by atoms with E-state index in [2.05, 4.69) is 0 Å². The molecule has 1 N–H and O–H groups in total. The van der Waals surface area contributed by atoms with Gasteiger partial charge in [0.05, 0.1) is 6.10 Å². The lowest BCUT2D eigenvalue weighted by Gasteiger charge is -2.16. The van der Waals surface area contributed by atoms with Crippen molar-refractivity contribution in [3.63, 3.8) is 0 Å². The van der Waals surface area contributed by atoms with E-state index in [4.69, 9.17) is 9.47 Å². The van der Waals surface area contributed by atoms with Crippen molar-refractivity contribution in [2.45, 2.75) is 31.8 Å². The van der Waals surface area contributed by atoms with Crippen LogP contribution in [-0.2, 0) is 6.42 Å². The summed E-state index contributed by atoms with van der Waals surface area (Å²) in [5, 5.41) is 9.18. The Labute approximate surface area is 149 Å². The Morgan fingerprint density at radius 2 is 1.35 bits per heavy atom. The van der Waals surface area contributed by atoms with E-state index in [1.165, 1.54) is 12.1 Å². The van der Waals surface area contributed by atoms with E-state index >= 15 is 0 Å². The first kappa shape index (κ1) is 20.0. The zero-order chi connectivity index (χ0) is 19.2. The number of aliphatic hydroxyl groups excluding tert-OH is 1. The Bertz CT molecular complexity index is 670. The molecule has 0 aliphatic heterocycles. The molecule has 1 atom stereocenters. The predicted molar refractivity (Wildman–Crippen MR) is 89.3 cm³/mol. The average molecular weight is 372 g/mol. The minimum atomic E-state index is -4.17. The fourth-order valence-corrected chi connectivity index (χ4v) is 2.10. The van der Waals surface area contributed by atoms with Gasteiger partial charge in [0.2, 0.25) is 0 Å². The first-order chi connectivity index (χ1) is 12.3. The van der Waals surface area contributed by atoms with Gasteiger partial charge in [-0.3, -0.25) is 0 Å². The van der Waals surface area contributed by atoms with Crippen LogP contribution in [0.1, 0.15) is 18.1 Å². The Balaban J connectivity index is 1.88. The van der Waals surface area contributed by atoms with Crippen LogP contribution in [0.3, 0.4) is 0 Å². The minimum absolute atomic E-state index is 0.107. The summed E-state index contributed by atoms with van der Waals surface area (Å²) >= 11 is 0. The molecule has 0 heterocycles. The molecule has 0 aliphatic carbocycles. The van der Waals surface area contributed by atoms with Crippen LogP contribution in [0.4, 0.5) is 17.6 Å². The number of benzene rings is 2. The number of halogens is 4. The lowest BCUT2D eigenvalue weighted by Crippen LogP contribution is -2.33. The molecular weight excluding hydrogens is 352 g/mol. The molecule has 2 aromatic carbocycles. The van der Waals surface area contributed by atoms with Crippen LogP contribution < -0.4 is 9.47 Å². The van der Waals surface area contributed by atoms with Gasteiger partial charge in [0.25, 0.3) is 0 Å². The first-order valence-corrected chi connectivity index (χ1v) is 8.04. The molecule has 0 saturated carbocycles. The summed E-state index contributed by atoms with van der Waals surface area (Å²) in [7, 11) is 0. The normalized spacial score (nSPS) is 12.9. The third-order valence-corrected chi connectivity index (χ3v) is 3.50. The second-order valence-electron chi connectivity index (χ2n) is 5.98. The molecule has 0 radical (unpaired) electrons. The van der Waals surface area contributed by atoms with Crippen molar-refractivity contribution in [1.29, 1.82) is 0 Å². The monoisotopic (exact) mass is 372 g/mol. The van der Waals surface area contributed by atoms with Gasteiger partial charge in [-0.05, 0) is 48.7 Å². The highest BCUT2D eigenvalue weighted by Crippen LogP contribution is 2.25. The highest BCUT2D eigenvalue weighted by molar-refractivity contribution is 5.34. The van der Waals surface area contributed by atoms with E-state index in [0.29, 0.717) is 12.2 Å². The highest BCUT2D eigenvalue weighted by Gasteiger charge is 2.41. The third-order valence-electron chi connectivity index (χ3n) is 3.50. The van der Waals surface area contributed by atoms with Crippen molar-refractivity contribution in [1.82, 2.24) is 0 Å². The largest absolute Gasteiger partial charge is 0.491 e. The second-order valence-corrected chi connectivity index (χ2v) is 5.98. The molecule has 0 aromatic heterocycles. The lowest BCUT2D eigenvalue weighted by atomic mass is 10.0. The molecule has 7 heteroatoms. The minimum Gasteiger partial charge on any atom is -0.491 e. The molecule has 0 spiro atoms. The zero-order valence-electron chi connectivity index (χ0n) is 14.2.